The summed E-state index contributed by atoms with van der Waals surface area (Å²) in [5.41, 5.74) is 4.01. The molecule has 1 aliphatic heterocycles. The molecule has 0 saturated carbocycles. The lowest BCUT2D eigenvalue weighted by Crippen LogP contribution is -2.39. The van der Waals surface area contributed by atoms with E-state index in [-0.39, 0.29) is 17.8 Å². The van der Waals surface area contributed by atoms with Crippen LogP contribution in [0, 0.1) is 12.8 Å². The van der Waals surface area contributed by atoms with E-state index in [0.29, 0.717) is 6.04 Å². The number of fused-ring (bicyclic) bond motifs is 3. The maximum Gasteiger partial charge on any atom is 0.119 e. The lowest BCUT2D eigenvalue weighted by molar-refractivity contribution is 0.209. The summed E-state index contributed by atoms with van der Waals surface area (Å²) in [6.45, 7) is 5.43. The van der Waals surface area contributed by atoms with Crippen molar-refractivity contribution < 1.29 is 4.39 Å². The van der Waals surface area contributed by atoms with Gasteiger partial charge in [-0.25, -0.2) is 4.39 Å². The Hall–Kier alpha value is -1.78. The van der Waals surface area contributed by atoms with E-state index >= 15 is 0 Å². The second-order valence-corrected chi connectivity index (χ2v) is 9.49. The molecular formula is C26H33FN2S. The van der Waals surface area contributed by atoms with E-state index in [2.05, 4.69) is 66.0 Å². The van der Waals surface area contributed by atoms with Crippen molar-refractivity contribution in [1.82, 2.24) is 9.62 Å². The first kappa shape index (κ1) is 21.5. The molecule has 4 heteroatoms. The molecule has 3 aliphatic rings. The molecule has 2 nitrogen and oxygen atoms in total. The van der Waals surface area contributed by atoms with Gasteiger partial charge in [-0.3, -0.25) is 4.72 Å². The molecule has 0 amide bonds. The number of unbranched alkanes of at least 4 members (excludes halogenated alkanes) is 1. The zero-order valence-electron chi connectivity index (χ0n) is 18.1. The highest BCUT2D eigenvalue weighted by atomic mass is 32.2. The van der Waals surface area contributed by atoms with Gasteiger partial charge in [0, 0.05) is 29.1 Å². The number of nitrogens with zero attached hydrogens (tertiary/aromatic N) is 1. The van der Waals surface area contributed by atoms with E-state index in [1.54, 1.807) is 18.0 Å². The number of benzene rings is 1. The van der Waals surface area contributed by atoms with Gasteiger partial charge in [0.25, 0.3) is 0 Å². The van der Waals surface area contributed by atoms with Crippen molar-refractivity contribution >= 4 is 11.9 Å². The van der Waals surface area contributed by atoms with Gasteiger partial charge >= 0.3 is 0 Å². The van der Waals surface area contributed by atoms with E-state index in [0.717, 1.165) is 25.8 Å². The third-order valence-electron chi connectivity index (χ3n) is 6.42. The fourth-order valence-electron chi connectivity index (χ4n) is 4.88. The first-order valence-electron chi connectivity index (χ1n) is 11.4. The molecule has 0 radical (unpaired) electrons. The maximum absolute atomic E-state index is 14.0. The quantitative estimate of drug-likeness (QED) is 0.344. The van der Waals surface area contributed by atoms with Crippen molar-refractivity contribution in [3.63, 3.8) is 0 Å². The van der Waals surface area contributed by atoms with Crippen molar-refractivity contribution in [1.29, 1.82) is 0 Å². The number of hydrogen-bond donors (Lipinski definition) is 1. The van der Waals surface area contributed by atoms with Crippen molar-refractivity contribution in [2.24, 2.45) is 5.92 Å². The second-order valence-electron chi connectivity index (χ2n) is 8.53. The van der Waals surface area contributed by atoms with Crippen molar-refractivity contribution in [3.05, 3.63) is 77.3 Å². The summed E-state index contributed by atoms with van der Waals surface area (Å²) in [5, 5.41) is 0. The lowest BCUT2D eigenvalue weighted by atomic mass is 9.88. The van der Waals surface area contributed by atoms with Gasteiger partial charge in [0.2, 0.25) is 0 Å². The topological polar surface area (TPSA) is 15.3 Å². The fourth-order valence-corrected chi connectivity index (χ4v) is 5.56. The van der Waals surface area contributed by atoms with Gasteiger partial charge in [-0.2, -0.15) is 0 Å². The van der Waals surface area contributed by atoms with Crippen LogP contribution in [0.3, 0.4) is 0 Å². The largest absolute Gasteiger partial charge is 0.361 e. The second kappa shape index (κ2) is 10.0. The molecule has 2 unspecified atom stereocenters. The highest BCUT2D eigenvalue weighted by Crippen LogP contribution is 2.46. The van der Waals surface area contributed by atoms with Crippen LogP contribution in [0.4, 0.5) is 4.39 Å². The summed E-state index contributed by atoms with van der Waals surface area (Å²) in [7, 11) is 0. The first-order valence-corrected chi connectivity index (χ1v) is 12.2. The van der Waals surface area contributed by atoms with Gasteiger partial charge in [0.05, 0.1) is 6.04 Å². The highest BCUT2D eigenvalue weighted by Gasteiger charge is 2.42. The number of allylic oxidation sites excluding steroid dienone is 5. The van der Waals surface area contributed by atoms with E-state index in [1.807, 2.05) is 6.08 Å². The summed E-state index contributed by atoms with van der Waals surface area (Å²) in [6.07, 6.45) is 17.2. The van der Waals surface area contributed by atoms with E-state index in [1.165, 1.54) is 41.0 Å². The van der Waals surface area contributed by atoms with E-state index in [4.69, 9.17) is 0 Å². The Labute approximate surface area is 185 Å². The smallest absolute Gasteiger partial charge is 0.119 e. The molecular weight excluding hydrogens is 391 g/mol. The number of rotatable bonds is 9. The van der Waals surface area contributed by atoms with Gasteiger partial charge < -0.3 is 4.90 Å². The summed E-state index contributed by atoms with van der Waals surface area (Å²) in [6, 6.07) is 9.44. The summed E-state index contributed by atoms with van der Waals surface area (Å²) >= 11 is 1.72. The standard InChI is InChI=1S/C26H33FN2S/c1-3-21(8-6-7-17-28-30-22-14-11-19(2)12-15-22)29-25-10-5-4-9-23(25)24-18-20(27)13-16-26(24)29/h9-16,18,21,24,26,28H,3-8,17H2,1-2H3/t21-,24?,26?/m0/s1. The van der Waals surface area contributed by atoms with Crippen LogP contribution in [0.15, 0.2) is 76.6 Å². The average molecular weight is 425 g/mol. The number of halogens is 1. The van der Waals surface area contributed by atoms with E-state index < -0.39 is 0 Å². The molecule has 30 heavy (non-hydrogen) atoms. The Kier molecular flexibility index (Phi) is 7.16. The van der Waals surface area contributed by atoms with Crippen LogP contribution in [0.25, 0.3) is 0 Å². The van der Waals surface area contributed by atoms with Crippen LogP contribution in [0.2, 0.25) is 0 Å². The monoisotopic (exact) mass is 424 g/mol. The summed E-state index contributed by atoms with van der Waals surface area (Å²) in [4.78, 5) is 3.87. The number of aryl methyl sites for hydroxylation is 1. The number of nitrogens with one attached hydrogen (secondary N) is 1. The Morgan fingerprint density at radius 2 is 1.97 bits per heavy atom. The average Bonchev–Trinajstić information content (AvgIpc) is 3.08. The van der Waals surface area contributed by atoms with Crippen molar-refractivity contribution in [3.8, 4) is 0 Å². The minimum Gasteiger partial charge on any atom is -0.361 e. The summed E-state index contributed by atoms with van der Waals surface area (Å²) in [5.74, 6) is 0.0947. The SMILES string of the molecule is CC[C@@H](CCCCNSc1ccc(C)cc1)N1C2=CCCC=C2C2C=C(F)C=CC21. The minimum absolute atomic E-state index is 0.0888. The van der Waals surface area contributed by atoms with Crippen molar-refractivity contribution in [2.45, 2.75) is 69.4 Å². The third kappa shape index (κ3) is 4.76. The lowest BCUT2D eigenvalue weighted by Gasteiger charge is -2.36. The molecule has 1 aromatic carbocycles. The molecule has 160 valence electrons. The molecule has 1 N–H and O–H groups in total. The van der Waals surface area contributed by atoms with Gasteiger partial charge in [-0.15, -0.1) is 0 Å². The molecule has 1 saturated heterocycles. The molecule has 3 atom stereocenters. The first-order chi connectivity index (χ1) is 14.7. The van der Waals surface area contributed by atoms with Crippen LogP contribution in [-0.4, -0.2) is 23.5 Å². The maximum atomic E-state index is 14.0. The predicted molar refractivity (Wildman–Crippen MR) is 126 cm³/mol. The molecule has 1 fully saturated rings. The van der Waals surface area contributed by atoms with Gasteiger partial charge in [0.15, 0.2) is 0 Å². The predicted octanol–water partition coefficient (Wildman–Crippen LogP) is 6.87. The molecule has 2 aliphatic carbocycles. The fraction of sp³-hybridized carbons (Fsp3) is 0.462. The van der Waals surface area contributed by atoms with Crippen molar-refractivity contribution in [2.75, 3.05) is 6.54 Å². The molecule has 0 bridgehead atoms. The van der Waals surface area contributed by atoms with Crippen LogP contribution in [0.1, 0.15) is 51.0 Å². The molecule has 0 spiro atoms. The zero-order valence-corrected chi connectivity index (χ0v) is 18.9. The van der Waals surface area contributed by atoms with Gasteiger partial charge in [0.1, 0.15) is 5.83 Å². The highest BCUT2D eigenvalue weighted by molar-refractivity contribution is 7.97. The minimum atomic E-state index is -0.0888. The van der Waals surface area contributed by atoms with E-state index in [9.17, 15) is 4.39 Å². The number of likely N-dealkylation sites (tertiary alicyclic amines) is 1. The van der Waals surface area contributed by atoms with Crippen LogP contribution >= 0.6 is 11.9 Å². The van der Waals surface area contributed by atoms with Gasteiger partial charge in [-0.1, -0.05) is 49.3 Å². The molecule has 0 aromatic heterocycles. The Morgan fingerprint density at radius 1 is 1.17 bits per heavy atom. The zero-order chi connectivity index (χ0) is 20.9. The molecule has 4 rings (SSSR count). The van der Waals surface area contributed by atoms with Crippen LogP contribution < -0.4 is 4.72 Å². The normalized spacial score (nSPS) is 23.4. The van der Waals surface area contributed by atoms with Crippen LogP contribution in [-0.2, 0) is 0 Å². The Bertz CT molecular complexity index is 852. The van der Waals surface area contributed by atoms with Gasteiger partial charge in [-0.05, 0) is 80.8 Å². The Balaban J connectivity index is 1.30. The molecule has 1 heterocycles. The Morgan fingerprint density at radius 3 is 2.77 bits per heavy atom. The van der Waals surface area contributed by atoms with Crippen LogP contribution in [0.5, 0.6) is 0 Å². The molecule has 1 aromatic rings. The number of hydrogen-bond acceptors (Lipinski definition) is 3. The summed E-state index contributed by atoms with van der Waals surface area (Å²) < 4.78 is 17.5. The third-order valence-corrected chi connectivity index (χ3v) is 7.28.